The Labute approximate surface area is 113 Å². The van der Waals surface area contributed by atoms with Gasteiger partial charge in [0.05, 0.1) is 12.2 Å². The predicted octanol–water partition coefficient (Wildman–Crippen LogP) is 1.96. The summed E-state index contributed by atoms with van der Waals surface area (Å²) in [6, 6.07) is 6.37. The molecule has 0 saturated heterocycles. The second kappa shape index (κ2) is 4.70. The second-order valence-corrected chi connectivity index (χ2v) is 5.17. The molecule has 0 amide bonds. The molecule has 2 N–H and O–H groups in total. The molecule has 0 spiro atoms. The van der Waals surface area contributed by atoms with Crippen LogP contribution in [0.3, 0.4) is 0 Å². The van der Waals surface area contributed by atoms with Gasteiger partial charge in [-0.25, -0.2) is 4.98 Å². The molecule has 2 aromatic rings. The van der Waals surface area contributed by atoms with E-state index in [1.54, 1.807) is 0 Å². The fourth-order valence-electron chi connectivity index (χ4n) is 2.68. The van der Waals surface area contributed by atoms with Crippen molar-refractivity contribution in [2.45, 2.75) is 39.5 Å². The minimum atomic E-state index is 0.176. The van der Waals surface area contributed by atoms with Crippen LogP contribution >= 0.6 is 0 Å². The molecule has 2 heterocycles. The Hall–Kier alpha value is -1.81. The highest BCUT2D eigenvalue weighted by Gasteiger charge is 2.24. The van der Waals surface area contributed by atoms with Gasteiger partial charge in [-0.2, -0.15) is 0 Å². The summed E-state index contributed by atoms with van der Waals surface area (Å²) < 4.78 is 8.16. The van der Waals surface area contributed by atoms with Crippen molar-refractivity contribution in [1.29, 1.82) is 0 Å². The number of aromatic nitrogens is 2. The molecule has 0 saturated carbocycles. The van der Waals surface area contributed by atoms with E-state index in [2.05, 4.69) is 34.7 Å². The maximum atomic E-state index is 6.00. The summed E-state index contributed by atoms with van der Waals surface area (Å²) in [6.07, 6.45) is 2.98. The van der Waals surface area contributed by atoms with Crippen molar-refractivity contribution >= 4 is 0 Å². The third-order valence-electron chi connectivity index (χ3n) is 3.69. The van der Waals surface area contributed by atoms with Gasteiger partial charge in [-0.15, -0.1) is 0 Å². The van der Waals surface area contributed by atoms with Crippen molar-refractivity contribution in [3.8, 4) is 5.75 Å². The number of hydrogen-bond acceptors (Lipinski definition) is 3. The zero-order valence-electron chi connectivity index (χ0n) is 11.4. The highest BCUT2D eigenvalue weighted by atomic mass is 16.5. The van der Waals surface area contributed by atoms with Crippen molar-refractivity contribution in [3.05, 3.63) is 47.0 Å². The van der Waals surface area contributed by atoms with E-state index < -0.39 is 0 Å². The van der Waals surface area contributed by atoms with Gasteiger partial charge >= 0.3 is 0 Å². The summed E-state index contributed by atoms with van der Waals surface area (Å²) in [7, 11) is 0. The van der Waals surface area contributed by atoms with Crippen molar-refractivity contribution in [2.24, 2.45) is 5.73 Å². The Morgan fingerprint density at radius 2 is 2.26 bits per heavy atom. The summed E-state index contributed by atoms with van der Waals surface area (Å²) >= 11 is 0. The number of ether oxygens (including phenoxy) is 1. The molecule has 1 aromatic carbocycles. The number of hydrogen-bond donors (Lipinski definition) is 1. The van der Waals surface area contributed by atoms with Crippen LogP contribution in [0.5, 0.6) is 5.75 Å². The molecule has 4 nitrogen and oxygen atoms in total. The second-order valence-electron chi connectivity index (χ2n) is 5.17. The fraction of sp³-hybridized carbons (Fsp3) is 0.400. The van der Waals surface area contributed by atoms with E-state index in [1.807, 2.05) is 13.1 Å². The molecule has 1 aliphatic rings. The normalized spacial score (nSPS) is 17.3. The summed E-state index contributed by atoms with van der Waals surface area (Å²) in [4.78, 5) is 4.32. The van der Waals surface area contributed by atoms with Gasteiger partial charge in [-0.1, -0.05) is 17.7 Å². The summed E-state index contributed by atoms with van der Waals surface area (Å²) in [5.74, 6) is 2.01. The molecule has 0 aliphatic carbocycles. The van der Waals surface area contributed by atoms with E-state index in [1.165, 1.54) is 11.1 Å². The van der Waals surface area contributed by atoms with Crippen LogP contribution in [0.15, 0.2) is 24.4 Å². The Bertz CT molecular complexity index is 603. The van der Waals surface area contributed by atoms with Crippen LogP contribution in [0.25, 0.3) is 0 Å². The first-order valence-corrected chi connectivity index (χ1v) is 6.64. The average molecular weight is 257 g/mol. The van der Waals surface area contributed by atoms with Crippen molar-refractivity contribution < 1.29 is 4.74 Å². The van der Waals surface area contributed by atoms with E-state index in [9.17, 15) is 0 Å². The number of imidazole rings is 1. The van der Waals surface area contributed by atoms with Gasteiger partial charge in [0.1, 0.15) is 17.7 Å². The van der Waals surface area contributed by atoms with Gasteiger partial charge in [-0.05, 0) is 25.5 Å². The molecule has 0 bridgehead atoms. The molecular weight excluding hydrogens is 238 g/mol. The van der Waals surface area contributed by atoms with E-state index in [0.29, 0.717) is 6.54 Å². The maximum absolute atomic E-state index is 6.00. The minimum absolute atomic E-state index is 0.176. The quantitative estimate of drug-likeness (QED) is 0.914. The first-order chi connectivity index (χ1) is 9.17. The molecule has 1 aliphatic heterocycles. The number of rotatable bonds is 3. The van der Waals surface area contributed by atoms with Crippen molar-refractivity contribution in [1.82, 2.24) is 9.55 Å². The van der Waals surface area contributed by atoms with Gasteiger partial charge in [0.15, 0.2) is 0 Å². The number of aryl methyl sites for hydroxylation is 2. The third-order valence-corrected chi connectivity index (χ3v) is 3.69. The zero-order chi connectivity index (χ0) is 13.4. The molecule has 100 valence electrons. The van der Waals surface area contributed by atoms with Crippen LogP contribution < -0.4 is 10.5 Å². The Morgan fingerprint density at radius 1 is 1.42 bits per heavy atom. The number of nitrogens with two attached hydrogens (primary N) is 1. The predicted molar refractivity (Wildman–Crippen MR) is 74.2 cm³/mol. The molecule has 0 radical (unpaired) electrons. The number of nitrogens with zero attached hydrogens (tertiary/aromatic N) is 2. The first kappa shape index (κ1) is 12.2. The van der Waals surface area contributed by atoms with Crippen LogP contribution in [0, 0.1) is 13.8 Å². The van der Waals surface area contributed by atoms with Gasteiger partial charge in [0.2, 0.25) is 0 Å². The molecular formula is C15H19N3O. The smallest absolute Gasteiger partial charge is 0.123 e. The molecule has 1 atom stereocenters. The average Bonchev–Trinajstić information content (AvgIpc) is 2.94. The summed E-state index contributed by atoms with van der Waals surface area (Å²) in [5.41, 5.74) is 9.39. The number of fused-ring (bicyclic) bond motifs is 1. The van der Waals surface area contributed by atoms with E-state index in [-0.39, 0.29) is 6.10 Å². The number of benzene rings is 1. The molecule has 19 heavy (non-hydrogen) atoms. The van der Waals surface area contributed by atoms with Crippen molar-refractivity contribution in [2.75, 3.05) is 0 Å². The fourth-order valence-corrected chi connectivity index (χ4v) is 2.68. The van der Waals surface area contributed by atoms with Crippen LogP contribution in [0.1, 0.15) is 22.6 Å². The van der Waals surface area contributed by atoms with Crippen molar-refractivity contribution in [3.63, 3.8) is 0 Å². The Morgan fingerprint density at radius 3 is 3.05 bits per heavy atom. The zero-order valence-corrected chi connectivity index (χ0v) is 11.4. The van der Waals surface area contributed by atoms with E-state index in [4.69, 9.17) is 10.5 Å². The van der Waals surface area contributed by atoms with Gasteiger partial charge in [0, 0.05) is 19.2 Å². The molecule has 1 unspecified atom stereocenters. The highest BCUT2D eigenvalue weighted by molar-refractivity contribution is 5.40. The third kappa shape index (κ3) is 2.24. The molecule has 0 fully saturated rings. The Balaban J connectivity index is 1.78. The van der Waals surface area contributed by atoms with Gasteiger partial charge < -0.3 is 15.0 Å². The van der Waals surface area contributed by atoms with Crippen LogP contribution in [0.4, 0.5) is 0 Å². The van der Waals surface area contributed by atoms with Crippen LogP contribution in [0.2, 0.25) is 0 Å². The van der Waals surface area contributed by atoms with E-state index in [0.717, 1.165) is 30.2 Å². The highest BCUT2D eigenvalue weighted by Crippen LogP contribution is 2.30. The maximum Gasteiger partial charge on any atom is 0.123 e. The monoisotopic (exact) mass is 257 g/mol. The lowest BCUT2D eigenvalue weighted by Gasteiger charge is -2.15. The molecule has 4 heteroatoms. The SMILES string of the molecule is Cc1ccc2c(c1)CC(Cn1c(CN)cnc1C)O2. The molecule has 1 aromatic heterocycles. The first-order valence-electron chi connectivity index (χ1n) is 6.64. The van der Waals surface area contributed by atoms with Crippen LogP contribution in [-0.2, 0) is 19.5 Å². The lowest BCUT2D eigenvalue weighted by Crippen LogP contribution is -2.23. The molecule has 3 rings (SSSR count). The topological polar surface area (TPSA) is 53.1 Å². The Kier molecular flexibility index (Phi) is 3.03. The lowest BCUT2D eigenvalue weighted by atomic mass is 10.1. The summed E-state index contributed by atoms with van der Waals surface area (Å²) in [6.45, 7) is 5.44. The summed E-state index contributed by atoms with van der Waals surface area (Å²) in [5, 5.41) is 0. The standard InChI is InChI=1S/C15H19N3O/c1-10-3-4-15-12(5-10)6-14(19-15)9-18-11(2)17-8-13(18)7-16/h3-5,8,14H,6-7,9,16H2,1-2H3. The van der Waals surface area contributed by atoms with E-state index >= 15 is 0 Å². The van der Waals surface area contributed by atoms with Gasteiger partial charge in [0.25, 0.3) is 0 Å². The largest absolute Gasteiger partial charge is 0.488 e. The van der Waals surface area contributed by atoms with Crippen LogP contribution in [-0.4, -0.2) is 15.7 Å². The minimum Gasteiger partial charge on any atom is -0.488 e. The lowest BCUT2D eigenvalue weighted by molar-refractivity contribution is 0.206. The van der Waals surface area contributed by atoms with Gasteiger partial charge in [-0.3, -0.25) is 0 Å².